The van der Waals surface area contributed by atoms with E-state index >= 15 is 0 Å². The quantitative estimate of drug-likeness (QED) is 0.833. The van der Waals surface area contributed by atoms with Crippen LogP contribution in [0.25, 0.3) is 0 Å². The van der Waals surface area contributed by atoms with Crippen molar-refractivity contribution < 1.29 is 9.90 Å². The van der Waals surface area contributed by atoms with E-state index in [4.69, 9.17) is 5.11 Å². The highest BCUT2D eigenvalue weighted by Crippen LogP contribution is 2.13. The summed E-state index contributed by atoms with van der Waals surface area (Å²) in [6.45, 7) is 3.77. The Hall–Kier alpha value is -1.69. The monoisotopic (exact) mass is 250 g/mol. The van der Waals surface area contributed by atoms with Gasteiger partial charge in [-0.15, -0.1) is 0 Å². The molecule has 2 heterocycles. The van der Waals surface area contributed by atoms with Crippen LogP contribution in [0.5, 0.6) is 0 Å². The lowest BCUT2D eigenvalue weighted by Crippen LogP contribution is -2.40. The minimum atomic E-state index is -0.989. The van der Waals surface area contributed by atoms with Gasteiger partial charge in [0.05, 0.1) is 11.3 Å². The molecule has 1 saturated heterocycles. The van der Waals surface area contributed by atoms with Gasteiger partial charge in [0.15, 0.2) is 0 Å². The van der Waals surface area contributed by atoms with Crippen molar-refractivity contribution in [3.8, 4) is 0 Å². The number of nitrogens with zero attached hydrogens (tertiary/aromatic N) is 3. The third-order valence-electron chi connectivity index (χ3n) is 3.17. The van der Waals surface area contributed by atoms with Crippen molar-refractivity contribution in [2.45, 2.75) is 25.8 Å². The summed E-state index contributed by atoms with van der Waals surface area (Å²) in [4.78, 5) is 21.4. The minimum absolute atomic E-state index is 0.154. The second-order valence-electron chi connectivity index (χ2n) is 4.74. The van der Waals surface area contributed by atoms with Crippen molar-refractivity contribution in [1.29, 1.82) is 0 Å². The van der Waals surface area contributed by atoms with Gasteiger partial charge in [0, 0.05) is 18.8 Å². The van der Waals surface area contributed by atoms with E-state index in [-0.39, 0.29) is 5.56 Å². The molecule has 6 nitrogen and oxygen atoms in total. The molecule has 0 bridgehead atoms. The molecule has 6 heteroatoms. The molecule has 1 aromatic heterocycles. The number of likely N-dealkylation sites (tertiary alicyclic amines) is 1. The van der Waals surface area contributed by atoms with E-state index in [0.29, 0.717) is 17.7 Å². The van der Waals surface area contributed by atoms with Crippen molar-refractivity contribution in [2.75, 3.05) is 25.5 Å². The van der Waals surface area contributed by atoms with Crippen molar-refractivity contribution in [3.63, 3.8) is 0 Å². The number of aromatic carboxylic acids is 1. The maximum absolute atomic E-state index is 10.9. The van der Waals surface area contributed by atoms with Gasteiger partial charge in [-0.3, -0.25) is 0 Å². The molecule has 18 heavy (non-hydrogen) atoms. The molecule has 2 rings (SSSR count). The molecule has 98 valence electrons. The molecular weight excluding hydrogens is 232 g/mol. The predicted octanol–water partition coefficient (Wildman–Crippen LogP) is 0.989. The SMILES string of the molecule is Cc1nc(NC2CCCN(C)C2)ncc1C(=O)O. The van der Waals surface area contributed by atoms with Gasteiger partial charge in [0.1, 0.15) is 0 Å². The van der Waals surface area contributed by atoms with Gasteiger partial charge in [0.2, 0.25) is 5.95 Å². The molecular formula is C12H18N4O2. The number of aryl methyl sites for hydroxylation is 1. The number of piperidine rings is 1. The van der Waals surface area contributed by atoms with Gasteiger partial charge in [-0.1, -0.05) is 0 Å². The predicted molar refractivity (Wildman–Crippen MR) is 67.9 cm³/mol. The van der Waals surface area contributed by atoms with Gasteiger partial charge < -0.3 is 15.3 Å². The standard InChI is InChI=1S/C12H18N4O2/c1-8-10(11(17)18)6-13-12(14-8)15-9-4-3-5-16(2)7-9/h6,9H,3-5,7H2,1-2H3,(H,17,18)(H,13,14,15). The highest BCUT2D eigenvalue weighted by Gasteiger charge is 2.18. The van der Waals surface area contributed by atoms with Crippen LogP contribution in [0.15, 0.2) is 6.20 Å². The lowest BCUT2D eigenvalue weighted by molar-refractivity contribution is 0.0695. The molecule has 1 unspecified atom stereocenters. The van der Waals surface area contributed by atoms with E-state index < -0.39 is 5.97 Å². The first kappa shape index (κ1) is 12.8. The minimum Gasteiger partial charge on any atom is -0.478 e. The number of rotatable bonds is 3. The molecule has 1 atom stereocenters. The van der Waals surface area contributed by atoms with E-state index in [9.17, 15) is 4.79 Å². The van der Waals surface area contributed by atoms with Gasteiger partial charge in [-0.05, 0) is 33.4 Å². The summed E-state index contributed by atoms with van der Waals surface area (Å²) in [7, 11) is 2.09. The molecule has 0 radical (unpaired) electrons. The maximum Gasteiger partial charge on any atom is 0.339 e. The fraction of sp³-hybridized carbons (Fsp3) is 0.583. The van der Waals surface area contributed by atoms with Crippen LogP contribution in [-0.2, 0) is 0 Å². The van der Waals surface area contributed by atoms with Gasteiger partial charge in [-0.2, -0.15) is 0 Å². The number of hydrogen-bond acceptors (Lipinski definition) is 5. The van der Waals surface area contributed by atoms with Crippen LogP contribution in [0, 0.1) is 6.92 Å². The first-order chi connectivity index (χ1) is 8.56. The summed E-state index contributed by atoms with van der Waals surface area (Å²) in [5.74, 6) is -0.478. The largest absolute Gasteiger partial charge is 0.478 e. The molecule has 1 aliphatic rings. The van der Waals surface area contributed by atoms with Gasteiger partial charge in [0.25, 0.3) is 0 Å². The Kier molecular flexibility index (Phi) is 3.76. The molecule has 1 fully saturated rings. The normalized spacial score (nSPS) is 20.7. The van der Waals surface area contributed by atoms with Gasteiger partial charge >= 0.3 is 5.97 Å². The van der Waals surface area contributed by atoms with Crippen molar-refractivity contribution in [2.24, 2.45) is 0 Å². The smallest absolute Gasteiger partial charge is 0.339 e. The molecule has 0 spiro atoms. The summed E-state index contributed by atoms with van der Waals surface area (Å²) in [6.07, 6.45) is 3.60. The Balaban J connectivity index is 2.05. The summed E-state index contributed by atoms with van der Waals surface area (Å²) >= 11 is 0. The molecule has 0 aliphatic carbocycles. The van der Waals surface area contributed by atoms with Crippen molar-refractivity contribution in [1.82, 2.24) is 14.9 Å². The van der Waals surface area contributed by atoms with Crippen LogP contribution in [-0.4, -0.2) is 52.1 Å². The van der Waals surface area contributed by atoms with Crippen LogP contribution in [0.1, 0.15) is 28.9 Å². The van der Waals surface area contributed by atoms with E-state index in [1.54, 1.807) is 6.92 Å². The zero-order chi connectivity index (χ0) is 13.1. The van der Waals surface area contributed by atoms with Gasteiger partial charge in [-0.25, -0.2) is 14.8 Å². The molecule has 0 amide bonds. The highest BCUT2D eigenvalue weighted by atomic mass is 16.4. The number of carbonyl (C=O) groups is 1. The lowest BCUT2D eigenvalue weighted by atomic mass is 10.1. The highest BCUT2D eigenvalue weighted by molar-refractivity contribution is 5.88. The summed E-state index contributed by atoms with van der Waals surface area (Å²) in [5, 5.41) is 12.2. The maximum atomic E-state index is 10.9. The summed E-state index contributed by atoms with van der Waals surface area (Å²) in [5.41, 5.74) is 0.644. The zero-order valence-corrected chi connectivity index (χ0v) is 10.7. The number of hydrogen-bond donors (Lipinski definition) is 2. The first-order valence-electron chi connectivity index (χ1n) is 6.08. The molecule has 1 aliphatic heterocycles. The molecule has 2 N–H and O–H groups in total. The fourth-order valence-electron chi connectivity index (χ4n) is 2.21. The third kappa shape index (κ3) is 2.95. The van der Waals surface area contributed by atoms with E-state index in [2.05, 4.69) is 27.2 Å². The van der Waals surface area contributed by atoms with Crippen LogP contribution >= 0.6 is 0 Å². The number of aromatic nitrogens is 2. The Morgan fingerprint density at radius 3 is 3.00 bits per heavy atom. The van der Waals surface area contributed by atoms with Crippen LogP contribution < -0.4 is 5.32 Å². The Morgan fingerprint density at radius 2 is 2.39 bits per heavy atom. The van der Waals surface area contributed by atoms with Crippen molar-refractivity contribution in [3.05, 3.63) is 17.5 Å². The number of carboxylic acids is 1. The average molecular weight is 250 g/mol. The number of likely N-dealkylation sites (N-methyl/N-ethyl adjacent to an activating group) is 1. The average Bonchev–Trinajstić information content (AvgIpc) is 2.28. The lowest BCUT2D eigenvalue weighted by Gasteiger charge is -2.30. The summed E-state index contributed by atoms with van der Waals surface area (Å²) < 4.78 is 0. The number of anilines is 1. The van der Waals surface area contributed by atoms with E-state index in [0.717, 1.165) is 25.9 Å². The van der Waals surface area contributed by atoms with E-state index in [1.807, 2.05) is 0 Å². The molecule has 1 aromatic rings. The zero-order valence-electron chi connectivity index (χ0n) is 10.7. The Bertz CT molecular complexity index is 450. The Morgan fingerprint density at radius 1 is 1.61 bits per heavy atom. The second kappa shape index (κ2) is 5.30. The number of nitrogens with one attached hydrogen (secondary N) is 1. The van der Waals surface area contributed by atoms with E-state index in [1.165, 1.54) is 6.20 Å². The molecule has 0 saturated carbocycles. The molecule has 0 aromatic carbocycles. The summed E-state index contributed by atoms with van der Waals surface area (Å²) in [6, 6.07) is 0.332. The first-order valence-corrected chi connectivity index (χ1v) is 6.08. The Labute approximate surface area is 106 Å². The second-order valence-corrected chi connectivity index (χ2v) is 4.74. The number of carboxylic acid groups (broad SMARTS) is 1. The van der Waals surface area contributed by atoms with Crippen LogP contribution in [0.3, 0.4) is 0 Å². The third-order valence-corrected chi connectivity index (χ3v) is 3.17. The van der Waals surface area contributed by atoms with Crippen LogP contribution in [0.2, 0.25) is 0 Å². The van der Waals surface area contributed by atoms with Crippen molar-refractivity contribution >= 4 is 11.9 Å². The van der Waals surface area contributed by atoms with Crippen LogP contribution in [0.4, 0.5) is 5.95 Å². The topological polar surface area (TPSA) is 78.4 Å². The fourth-order valence-corrected chi connectivity index (χ4v) is 2.21.